The van der Waals surface area contributed by atoms with Gasteiger partial charge in [-0.15, -0.1) is 0 Å². The Morgan fingerprint density at radius 3 is 2.86 bits per heavy atom. The molecule has 10 nitrogen and oxygen atoms in total. The van der Waals surface area contributed by atoms with E-state index in [1.54, 1.807) is 11.6 Å². The van der Waals surface area contributed by atoms with Gasteiger partial charge >= 0.3 is 0 Å². The van der Waals surface area contributed by atoms with Gasteiger partial charge in [0.25, 0.3) is 10.0 Å². The molecular formula is C17H22N6O4S. The van der Waals surface area contributed by atoms with Crippen LogP contribution in [0, 0.1) is 0 Å². The van der Waals surface area contributed by atoms with E-state index in [-0.39, 0.29) is 11.6 Å². The van der Waals surface area contributed by atoms with Crippen LogP contribution in [0.25, 0.3) is 11.4 Å². The molecule has 1 aliphatic rings. The fraction of sp³-hybridized carbons (Fsp3) is 0.471. The number of aryl methyl sites for hydroxylation is 1. The van der Waals surface area contributed by atoms with Crippen LogP contribution in [0.2, 0.25) is 0 Å². The predicted molar refractivity (Wildman–Crippen MR) is 98.7 cm³/mol. The monoisotopic (exact) mass is 406 g/mol. The number of ether oxygens (including phenoxy) is 1. The van der Waals surface area contributed by atoms with Crippen molar-refractivity contribution in [2.45, 2.75) is 31.5 Å². The van der Waals surface area contributed by atoms with Gasteiger partial charge in [0.15, 0.2) is 11.4 Å². The number of fused-ring (bicyclic) bond motifs is 1. The molecule has 0 saturated heterocycles. The zero-order valence-electron chi connectivity index (χ0n) is 15.8. The molecule has 3 aromatic rings. The Hall–Kier alpha value is -2.50. The van der Waals surface area contributed by atoms with Gasteiger partial charge in [0.2, 0.25) is 0 Å². The smallest absolute Gasteiger partial charge is 0.262 e. The summed E-state index contributed by atoms with van der Waals surface area (Å²) in [7, 11) is -1.94. The highest BCUT2D eigenvalue weighted by molar-refractivity contribution is 7.89. The van der Waals surface area contributed by atoms with Crippen molar-refractivity contribution in [3.8, 4) is 11.4 Å². The highest BCUT2D eigenvalue weighted by atomic mass is 32.2. The fourth-order valence-electron chi connectivity index (χ4n) is 3.34. The Morgan fingerprint density at radius 1 is 1.32 bits per heavy atom. The first-order chi connectivity index (χ1) is 13.5. The summed E-state index contributed by atoms with van der Waals surface area (Å²) in [5.74, 6) is 0. The maximum Gasteiger partial charge on any atom is 0.262 e. The molecule has 0 spiro atoms. The van der Waals surface area contributed by atoms with Crippen molar-refractivity contribution in [2.24, 2.45) is 7.05 Å². The molecule has 0 aromatic carbocycles. The number of imidazole rings is 1. The molecule has 28 heavy (non-hydrogen) atoms. The lowest BCUT2D eigenvalue weighted by molar-refractivity contribution is 0.135. The second-order valence-electron chi connectivity index (χ2n) is 6.53. The number of hydrogen-bond donors (Lipinski definition) is 0. The lowest BCUT2D eigenvalue weighted by Crippen LogP contribution is -2.36. The van der Waals surface area contributed by atoms with E-state index >= 15 is 0 Å². The Balaban J connectivity index is 1.68. The predicted octanol–water partition coefficient (Wildman–Crippen LogP) is 1.06. The number of hydrogen-bond acceptors (Lipinski definition) is 7. The van der Waals surface area contributed by atoms with E-state index in [1.165, 1.54) is 29.5 Å². The third-order valence-corrected chi connectivity index (χ3v) is 6.44. The van der Waals surface area contributed by atoms with Crippen molar-refractivity contribution < 1.29 is 17.6 Å². The van der Waals surface area contributed by atoms with Gasteiger partial charge < -0.3 is 13.7 Å². The van der Waals surface area contributed by atoms with Gasteiger partial charge in [-0.05, 0) is 6.92 Å². The largest absolute Gasteiger partial charge is 0.451 e. The zero-order valence-corrected chi connectivity index (χ0v) is 16.6. The summed E-state index contributed by atoms with van der Waals surface area (Å²) in [4.78, 5) is 8.21. The van der Waals surface area contributed by atoms with Gasteiger partial charge in [0, 0.05) is 50.6 Å². The normalized spacial score (nSPS) is 15.1. The zero-order chi connectivity index (χ0) is 19.7. The fourth-order valence-corrected chi connectivity index (χ4v) is 4.72. The van der Waals surface area contributed by atoms with Gasteiger partial charge in [0.05, 0.1) is 19.5 Å². The summed E-state index contributed by atoms with van der Waals surface area (Å²) in [6.07, 6.45) is 6.40. The van der Waals surface area contributed by atoms with Crippen LogP contribution < -0.4 is 0 Å². The number of aromatic nitrogens is 5. The summed E-state index contributed by atoms with van der Waals surface area (Å²) >= 11 is 0. The number of sulfonamides is 1. The molecule has 150 valence electrons. The van der Waals surface area contributed by atoms with E-state index in [0.29, 0.717) is 44.1 Å². The SMILES string of the molecule is CCOCCn1nc(-c2cocn2)c2c1CCN(S(=O)(=O)c1cn(C)cn1)C2. The van der Waals surface area contributed by atoms with Crippen molar-refractivity contribution in [2.75, 3.05) is 19.8 Å². The summed E-state index contributed by atoms with van der Waals surface area (Å²) in [5.41, 5.74) is 3.07. The Morgan fingerprint density at radius 2 is 2.18 bits per heavy atom. The van der Waals surface area contributed by atoms with E-state index in [4.69, 9.17) is 9.15 Å². The van der Waals surface area contributed by atoms with Crippen LogP contribution >= 0.6 is 0 Å². The highest BCUT2D eigenvalue weighted by Crippen LogP contribution is 2.31. The molecule has 4 rings (SSSR count). The number of nitrogens with zero attached hydrogens (tertiary/aromatic N) is 6. The number of oxazole rings is 1. The maximum atomic E-state index is 13.0. The van der Waals surface area contributed by atoms with Crippen LogP contribution in [0.15, 0.2) is 34.6 Å². The van der Waals surface area contributed by atoms with E-state index in [2.05, 4.69) is 15.1 Å². The van der Waals surface area contributed by atoms with Crippen LogP contribution in [0.3, 0.4) is 0 Å². The molecule has 3 aromatic heterocycles. The first kappa shape index (κ1) is 18.8. The summed E-state index contributed by atoms with van der Waals surface area (Å²) in [6, 6.07) is 0. The van der Waals surface area contributed by atoms with Crippen LogP contribution in [-0.2, 0) is 41.3 Å². The Bertz CT molecular complexity index is 1050. The average Bonchev–Trinajstić information content (AvgIpc) is 3.41. The van der Waals surface area contributed by atoms with Crippen LogP contribution in [0.5, 0.6) is 0 Å². The second kappa shape index (κ2) is 7.49. The summed E-state index contributed by atoms with van der Waals surface area (Å²) in [6.45, 7) is 4.30. The van der Waals surface area contributed by atoms with E-state index in [0.717, 1.165) is 11.3 Å². The molecule has 11 heteroatoms. The quantitative estimate of drug-likeness (QED) is 0.540. The Kier molecular flexibility index (Phi) is 5.04. The van der Waals surface area contributed by atoms with Crippen molar-refractivity contribution in [1.29, 1.82) is 0 Å². The lowest BCUT2D eigenvalue weighted by Gasteiger charge is -2.26. The standard InChI is InChI=1S/C17H22N6O4S/c1-3-26-7-6-23-15-4-5-22(28(24,25)16-9-21(2)11-18-16)8-13(15)17(20-23)14-10-27-12-19-14/h9-12H,3-8H2,1-2H3. The lowest BCUT2D eigenvalue weighted by atomic mass is 10.1. The minimum absolute atomic E-state index is 0.0465. The van der Waals surface area contributed by atoms with Gasteiger partial charge in [0.1, 0.15) is 17.7 Å². The van der Waals surface area contributed by atoms with Crippen molar-refractivity contribution in [3.63, 3.8) is 0 Å². The van der Waals surface area contributed by atoms with Gasteiger partial charge in [-0.1, -0.05) is 0 Å². The average molecular weight is 406 g/mol. The molecule has 0 unspecified atom stereocenters. The van der Waals surface area contributed by atoms with Crippen molar-refractivity contribution in [3.05, 3.63) is 36.4 Å². The van der Waals surface area contributed by atoms with Gasteiger partial charge in [-0.3, -0.25) is 4.68 Å². The van der Waals surface area contributed by atoms with Crippen LogP contribution in [0.1, 0.15) is 18.2 Å². The first-order valence-electron chi connectivity index (χ1n) is 9.03. The molecular weight excluding hydrogens is 384 g/mol. The van der Waals surface area contributed by atoms with E-state index in [9.17, 15) is 8.42 Å². The topological polar surface area (TPSA) is 108 Å². The molecule has 0 aliphatic carbocycles. The summed E-state index contributed by atoms with van der Waals surface area (Å²) < 4.78 is 41.5. The molecule has 0 amide bonds. The molecule has 0 N–H and O–H groups in total. The van der Waals surface area contributed by atoms with E-state index < -0.39 is 10.0 Å². The Labute approximate surface area is 162 Å². The maximum absolute atomic E-state index is 13.0. The van der Waals surface area contributed by atoms with Gasteiger partial charge in [-0.25, -0.2) is 18.4 Å². The minimum atomic E-state index is -3.69. The highest BCUT2D eigenvalue weighted by Gasteiger charge is 2.34. The molecule has 0 fully saturated rings. The van der Waals surface area contributed by atoms with Crippen LogP contribution in [0.4, 0.5) is 0 Å². The van der Waals surface area contributed by atoms with Crippen LogP contribution in [-0.4, -0.2) is 56.8 Å². The molecule has 0 saturated carbocycles. The molecule has 0 radical (unpaired) electrons. The molecule has 0 bridgehead atoms. The summed E-state index contributed by atoms with van der Waals surface area (Å²) in [5, 5.41) is 4.72. The molecule has 4 heterocycles. The van der Waals surface area contributed by atoms with E-state index in [1.807, 2.05) is 11.6 Å². The third-order valence-electron chi connectivity index (χ3n) is 4.71. The first-order valence-corrected chi connectivity index (χ1v) is 10.5. The van der Waals surface area contributed by atoms with Gasteiger partial charge in [-0.2, -0.15) is 9.40 Å². The second-order valence-corrected chi connectivity index (χ2v) is 8.42. The molecule has 0 atom stereocenters. The van der Waals surface area contributed by atoms with Crippen molar-refractivity contribution >= 4 is 10.0 Å². The van der Waals surface area contributed by atoms with Crippen molar-refractivity contribution in [1.82, 2.24) is 28.6 Å². The minimum Gasteiger partial charge on any atom is -0.451 e. The molecule has 1 aliphatic heterocycles. The third kappa shape index (κ3) is 3.36. The number of rotatable bonds is 7.